The van der Waals surface area contributed by atoms with Crippen LogP contribution in [0.3, 0.4) is 0 Å². The lowest BCUT2D eigenvalue weighted by Crippen LogP contribution is -2.19. The van der Waals surface area contributed by atoms with Gasteiger partial charge in [0.2, 0.25) is 0 Å². The summed E-state index contributed by atoms with van der Waals surface area (Å²) < 4.78 is 0. The van der Waals surface area contributed by atoms with Gasteiger partial charge in [-0.3, -0.25) is 4.98 Å². The lowest BCUT2D eigenvalue weighted by atomic mass is 10.3. The van der Waals surface area contributed by atoms with Gasteiger partial charge in [-0.15, -0.1) is 0 Å². The van der Waals surface area contributed by atoms with Crippen molar-refractivity contribution in [3.63, 3.8) is 0 Å². The average molecular weight is 271 g/mol. The molecule has 0 atom stereocenters. The van der Waals surface area contributed by atoms with Crippen LogP contribution in [-0.2, 0) is 6.54 Å². The van der Waals surface area contributed by atoms with Crippen molar-refractivity contribution in [1.29, 1.82) is 0 Å². The van der Waals surface area contributed by atoms with Crippen LogP contribution in [0.25, 0.3) is 0 Å². The van der Waals surface area contributed by atoms with Crippen LogP contribution in [0, 0.1) is 0 Å². The molecule has 2 heterocycles. The smallest absolute Gasteiger partial charge is 0.133 e. The lowest BCUT2D eigenvalue weighted by Gasteiger charge is -2.18. The van der Waals surface area contributed by atoms with Gasteiger partial charge in [0.25, 0.3) is 0 Å². The second-order valence-electron chi connectivity index (χ2n) is 4.75. The fourth-order valence-corrected chi connectivity index (χ4v) is 1.86. The number of aromatic nitrogens is 3. The third-order valence-electron chi connectivity index (χ3n) is 3.09. The van der Waals surface area contributed by atoms with E-state index in [4.69, 9.17) is 0 Å². The first-order chi connectivity index (χ1) is 9.79. The minimum Gasteiger partial charge on any atom is -0.366 e. The maximum atomic E-state index is 4.31. The van der Waals surface area contributed by atoms with E-state index in [0.29, 0.717) is 6.54 Å². The third-order valence-corrected chi connectivity index (χ3v) is 3.09. The topological polar surface area (TPSA) is 53.9 Å². The Balaban J connectivity index is 1.95. The Morgan fingerprint density at radius 2 is 2.20 bits per heavy atom. The van der Waals surface area contributed by atoms with Crippen LogP contribution in [0.2, 0.25) is 0 Å². The second-order valence-corrected chi connectivity index (χ2v) is 4.75. The summed E-state index contributed by atoms with van der Waals surface area (Å²) in [5.74, 6) is 1.78. The van der Waals surface area contributed by atoms with Gasteiger partial charge in [-0.1, -0.05) is 19.4 Å². The largest absolute Gasteiger partial charge is 0.366 e. The molecule has 0 aliphatic rings. The molecule has 0 fully saturated rings. The highest BCUT2D eigenvalue weighted by Crippen LogP contribution is 2.14. The van der Waals surface area contributed by atoms with E-state index in [1.807, 2.05) is 24.4 Å². The Morgan fingerprint density at radius 1 is 1.30 bits per heavy atom. The zero-order valence-electron chi connectivity index (χ0n) is 12.1. The molecule has 1 N–H and O–H groups in total. The highest BCUT2D eigenvalue weighted by molar-refractivity contribution is 5.48. The summed E-state index contributed by atoms with van der Waals surface area (Å²) in [6, 6.07) is 5.95. The monoisotopic (exact) mass is 271 g/mol. The molecule has 5 heteroatoms. The zero-order chi connectivity index (χ0) is 14.2. The molecule has 0 unspecified atom stereocenters. The summed E-state index contributed by atoms with van der Waals surface area (Å²) in [4.78, 5) is 14.8. The van der Waals surface area contributed by atoms with Crippen LogP contribution in [-0.4, -0.2) is 28.5 Å². The first-order valence-corrected chi connectivity index (χ1v) is 6.95. The fraction of sp³-hybridized carbons (Fsp3) is 0.400. The number of rotatable bonds is 7. The van der Waals surface area contributed by atoms with Gasteiger partial charge in [0.05, 0.1) is 0 Å². The maximum absolute atomic E-state index is 4.31. The molecular weight excluding hydrogens is 250 g/mol. The van der Waals surface area contributed by atoms with E-state index in [1.165, 1.54) is 12.8 Å². The predicted octanol–water partition coefficient (Wildman–Crippen LogP) is 2.72. The molecule has 0 radical (unpaired) electrons. The van der Waals surface area contributed by atoms with Crippen molar-refractivity contribution in [3.8, 4) is 0 Å². The molecule has 2 aromatic rings. The van der Waals surface area contributed by atoms with E-state index in [-0.39, 0.29) is 0 Å². The minimum atomic E-state index is 0.711. The average Bonchev–Trinajstić information content (AvgIpc) is 2.52. The van der Waals surface area contributed by atoms with Crippen molar-refractivity contribution >= 4 is 11.6 Å². The van der Waals surface area contributed by atoms with Gasteiger partial charge >= 0.3 is 0 Å². The molecule has 0 saturated heterocycles. The van der Waals surface area contributed by atoms with Gasteiger partial charge in [-0.05, 0) is 18.1 Å². The van der Waals surface area contributed by atoms with Crippen molar-refractivity contribution in [2.24, 2.45) is 0 Å². The predicted molar refractivity (Wildman–Crippen MR) is 81.8 cm³/mol. The zero-order valence-corrected chi connectivity index (χ0v) is 12.1. The number of unbranched alkanes of at least 4 members (excludes halogenated alkanes) is 1. The third kappa shape index (κ3) is 4.19. The number of pyridine rings is 1. The van der Waals surface area contributed by atoms with Gasteiger partial charge in [-0.25, -0.2) is 9.97 Å². The van der Waals surface area contributed by atoms with Crippen LogP contribution in [0.1, 0.15) is 25.3 Å². The number of nitrogens with one attached hydrogen (secondary N) is 1. The summed E-state index contributed by atoms with van der Waals surface area (Å²) in [7, 11) is 2.06. The van der Waals surface area contributed by atoms with Crippen molar-refractivity contribution in [2.75, 3.05) is 23.8 Å². The van der Waals surface area contributed by atoms with E-state index in [0.717, 1.165) is 23.7 Å². The Morgan fingerprint density at radius 3 is 2.95 bits per heavy atom. The van der Waals surface area contributed by atoms with E-state index >= 15 is 0 Å². The van der Waals surface area contributed by atoms with Gasteiger partial charge in [-0.2, -0.15) is 0 Å². The minimum absolute atomic E-state index is 0.711. The molecule has 106 valence electrons. The maximum Gasteiger partial charge on any atom is 0.133 e. The quantitative estimate of drug-likeness (QED) is 0.839. The lowest BCUT2D eigenvalue weighted by molar-refractivity contribution is 0.758. The second kappa shape index (κ2) is 7.43. The molecule has 20 heavy (non-hydrogen) atoms. The molecule has 0 bridgehead atoms. The van der Waals surface area contributed by atoms with E-state index in [9.17, 15) is 0 Å². The Kier molecular flexibility index (Phi) is 5.29. The van der Waals surface area contributed by atoms with Gasteiger partial charge in [0.15, 0.2) is 0 Å². The first-order valence-electron chi connectivity index (χ1n) is 6.95. The van der Waals surface area contributed by atoms with E-state index in [2.05, 4.69) is 39.1 Å². The van der Waals surface area contributed by atoms with Crippen molar-refractivity contribution < 1.29 is 0 Å². The molecule has 0 amide bonds. The number of hydrogen-bond acceptors (Lipinski definition) is 5. The van der Waals surface area contributed by atoms with Crippen molar-refractivity contribution in [3.05, 3.63) is 42.5 Å². The number of hydrogen-bond donors (Lipinski definition) is 1. The van der Waals surface area contributed by atoms with Crippen LogP contribution >= 0.6 is 0 Å². The molecule has 5 nitrogen and oxygen atoms in total. The van der Waals surface area contributed by atoms with E-state index < -0.39 is 0 Å². The molecule has 2 rings (SSSR count). The van der Waals surface area contributed by atoms with Crippen LogP contribution in [0.5, 0.6) is 0 Å². The Hall–Kier alpha value is -2.17. The number of nitrogens with zero attached hydrogens (tertiary/aromatic N) is 4. The summed E-state index contributed by atoms with van der Waals surface area (Å²) in [6.45, 7) is 3.91. The molecule has 0 aromatic carbocycles. The van der Waals surface area contributed by atoms with Gasteiger partial charge in [0.1, 0.15) is 18.0 Å². The Labute approximate surface area is 120 Å². The highest BCUT2D eigenvalue weighted by Gasteiger charge is 2.04. The first kappa shape index (κ1) is 14.2. The van der Waals surface area contributed by atoms with Gasteiger partial charge < -0.3 is 10.2 Å². The SMILES string of the molecule is CCCCN(C)c1cc(NCc2cccnc2)ncn1. The van der Waals surface area contributed by atoms with Crippen molar-refractivity contribution in [2.45, 2.75) is 26.3 Å². The molecule has 0 saturated carbocycles. The molecule has 0 aliphatic heterocycles. The fourth-order valence-electron chi connectivity index (χ4n) is 1.86. The van der Waals surface area contributed by atoms with E-state index in [1.54, 1.807) is 12.5 Å². The van der Waals surface area contributed by atoms with Crippen LogP contribution < -0.4 is 10.2 Å². The van der Waals surface area contributed by atoms with Crippen molar-refractivity contribution in [1.82, 2.24) is 15.0 Å². The summed E-state index contributed by atoms with van der Waals surface area (Å²) in [5, 5.41) is 3.29. The summed E-state index contributed by atoms with van der Waals surface area (Å²) in [5.41, 5.74) is 1.13. The molecule has 0 spiro atoms. The Bertz CT molecular complexity index is 515. The normalized spacial score (nSPS) is 10.3. The standard InChI is InChI=1S/C15H21N5/c1-3-4-8-20(2)15-9-14(18-12-19-15)17-11-13-6-5-7-16-10-13/h5-7,9-10,12H,3-4,8,11H2,1-2H3,(H,17,18,19). The van der Waals surface area contributed by atoms with Crippen LogP contribution in [0.4, 0.5) is 11.6 Å². The summed E-state index contributed by atoms with van der Waals surface area (Å²) >= 11 is 0. The highest BCUT2D eigenvalue weighted by atomic mass is 15.2. The molecule has 0 aliphatic carbocycles. The van der Waals surface area contributed by atoms with Crippen LogP contribution in [0.15, 0.2) is 36.9 Å². The molecular formula is C15H21N5. The summed E-state index contributed by atoms with van der Waals surface area (Å²) in [6.07, 6.45) is 7.57. The molecule has 2 aromatic heterocycles. The number of anilines is 2. The van der Waals surface area contributed by atoms with Gasteiger partial charge in [0, 0.05) is 38.6 Å².